The number of unbranched alkanes of at least 4 members (excludes halogenated alkanes) is 1. The average Bonchev–Trinajstić information content (AvgIpc) is 2.30. The largest absolute Gasteiger partial charge is 0.392 e. The van der Waals surface area contributed by atoms with Gasteiger partial charge in [-0.2, -0.15) is 0 Å². The van der Waals surface area contributed by atoms with Crippen LogP contribution in [0.3, 0.4) is 0 Å². The van der Waals surface area contributed by atoms with Crippen molar-refractivity contribution in [3.63, 3.8) is 0 Å². The summed E-state index contributed by atoms with van der Waals surface area (Å²) in [5.41, 5.74) is 2.05. The monoisotopic (exact) mass is 202 g/mol. The number of aliphatic hydroxyl groups is 1. The van der Waals surface area contributed by atoms with Crippen LogP contribution >= 0.6 is 0 Å². The van der Waals surface area contributed by atoms with Crippen molar-refractivity contribution in [1.82, 2.24) is 0 Å². The van der Waals surface area contributed by atoms with Gasteiger partial charge in [-0.05, 0) is 17.6 Å². The fourth-order valence-corrected chi connectivity index (χ4v) is 1.34. The van der Waals surface area contributed by atoms with Gasteiger partial charge in [0.2, 0.25) is 0 Å². The summed E-state index contributed by atoms with van der Waals surface area (Å²) in [6.07, 6.45) is 8.36. The molecule has 1 aromatic rings. The van der Waals surface area contributed by atoms with Crippen molar-refractivity contribution in [3.05, 3.63) is 54.1 Å². The summed E-state index contributed by atoms with van der Waals surface area (Å²) in [7, 11) is 0. The molecule has 0 unspecified atom stereocenters. The van der Waals surface area contributed by atoms with Crippen molar-refractivity contribution >= 4 is 5.57 Å². The average molecular weight is 202 g/mol. The zero-order valence-electron chi connectivity index (χ0n) is 9.19. The van der Waals surface area contributed by atoms with Crippen molar-refractivity contribution < 1.29 is 5.11 Å². The Hall–Kier alpha value is -1.34. The second kappa shape index (κ2) is 7.02. The molecule has 0 fully saturated rings. The molecule has 1 rings (SSSR count). The molecular formula is C14H18O. The second-order valence-electron chi connectivity index (χ2n) is 3.43. The first-order chi connectivity index (χ1) is 7.38. The number of hydrogen-bond acceptors (Lipinski definition) is 1. The highest BCUT2D eigenvalue weighted by atomic mass is 16.3. The van der Waals surface area contributed by atoms with E-state index in [1.807, 2.05) is 42.5 Å². The fraction of sp³-hybridized carbons (Fsp3) is 0.286. The van der Waals surface area contributed by atoms with E-state index < -0.39 is 0 Å². The van der Waals surface area contributed by atoms with E-state index in [0.717, 1.165) is 24.0 Å². The molecule has 1 N–H and O–H groups in total. The predicted molar refractivity (Wildman–Crippen MR) is 65.6 cm³/mol. The molecule has 80 valence electrons. The van der Waals surface area contributed by atoms with Crippen LogP contribution in [-0.4, -0.2) is 11.7 Å². The van der Waals surface area contributed by atoms with E-state index in [1.165, 1.54) is 0 Å². The number of rotatable bonds is 5. The fourth-order valence-electron chi connectivity index (χ4n) is 1.34. The first-order valence-corrected chi connectivity index (χ1v) is 5.40. The molecule has 0 atom stereocenters. The van der Waals surface area contributed by atoms with Gasteiger partial charge in [0, 0.05) is 0 Å². The third-order valence-electron chi connectivity index (χ3n) is 2.20. The molecule has 0 aliphatic rings. The molecule has 0 aliphatic carbocycles. The Kier molecular flexibility index (Phi) is 5.49. The molecule has 1 nitrogen and oxygen atoms in total. The number of benzene rings is 1. The van der Waals surface area contributed by atoms with Gasteiger partial charge in [-0.15, -0.1) is 0 Å². The number of hydrogen-bond donors (Lipinski definition) is 1. The Bertz CT molecular complexity index is 322. The van der Waals surface area contributed by atoms with Crippen molar-refractivity contribution in [2.45, 2.75) is 19.8 Å². The summed E-state index contributed by atoms with van der Waals surface area (Å²) in [6, 6.07) is 9.96. The van der Waals surface area contributed by atoms with E-state index in [4.69, 9.17) is 0 Å². The van der Waals surface area contributed by atoms with Crippen LogP contribution in [0.2, 0.25) is 0 Å². The van der Waals surface area contributed by atoms with Crippen LogP contribution in [0.1, 0.15) is 25.3 Å². The van der Waals surface area contributed by atoms with Gasteiger partial charge < -0.3 is 5.11 Å². The smallest absolute Gasteiger partial charge is 0.0687 e. The molecule has 0 amide bonds. The summed E-state index contributed by atoms with van der Waals surface area (Å²) >= 11 is 0. The van der Waals surface area contributed by atoms with Crippen LogP contribution in [0, 0.1) is 0 Å². The number of aliphatic hydroxyl groups excluding tert-OH is 1. The Morgan fingerprint density at radius 3 is 2.60 bits per heavy atom. The molecule has 0 aliphatic heterocycles. The molecule has 0 radical (unpaired) electrons. The summed E-state index contributed by atoms with van der Waals surface area (Å²) in [4.78, 5) is 0. The normalized spacial score (nSPS) is 12.3. The van der Waals surface area contributed by atoms with E-state index in [-0.39, 0.29) is 6.61 Å². The van der Waals surface area contributed by atoms with Gasteiger partial charge in [0.1, 0.15) is 0 Å². The molecule has 0 aromatic heterocycles. The van der Waals surface area contributed by atoms with E-state index in [0.29, 0.717) is 0 Å². The third-order valence-corrected chi connectivity index (χ3v) is 2.20. The SMILES string of the molecule is CCCC=CC=C(CO)c1ccccc1. The van der Waals surface area contributed by atoms with Crippen LogP contribution < -0.4 is 0 Å². The zero-order chi connectivity index (χ0) is 10.9. The zero-order valence-corrected chi connectivity index (χ0v) is 9.19. The van der Waals surface area contributed by atoms with Gasteiger partial charge in [0.15, 0.2) is 0 Å². The highest BCUT2D eigenvalue weighted by Gasteiger charge is 1.96. The van der Waals surface area contributed by atoms with E-state index in [9.17, 15) is 5.11 Å². The van der Waals surface area contributed by atoms with E-state index in [1.54, 1.807) is 0 Å². The Morgan fingerprint density at radius 2 is 2.00 bits per heavy atom. The predicted octanol–water partition coefficient (Wildman–Crippen LogP) is 3.42. The first kappa shape index (κ1) is 11.7. The van der Waals surface area contributed by atoms with Crippen LogP contribution in [-0.2, 0) is 0 Å². The minimum Gasteiger partial charge on any atom is -0.392 e. The summed E-state index contributed by atoms with van der Waals surface area (Å²) in [5, 5.41) is 9.23. The third kappa shape index (κ3) is 4.13. The molecule has 0 saturated heterocycles. The Morgan fingerprint density at radius 1 is 1.27 bits per heavy atom. The highest BCUT2D eigenvalue weighted by Crippen LogP contribution is 2.12. The lowest BCUT2D eigenvalue weighted by Crippen LogP contribution is -1.88. The molecule has 15 heavy (non-hydrogen) atoms. The van der Waals surface area contributed by atoms with Gasteiger partial charge in [-0.1, -0.05) is 61.9 Å². The highest BCUT2D eigenvalue weighted by molar-refractivity contribution is 5.67. The van der Waals surface area contributed by atoms with E-state index >= 15 is 0 Å². The van der Waals surface area contributed by atoms with Crippen molar-refractivity contribution in [2.24, 2.45) is 0 Å². The molecular weight excluding hydrogens is 184 g/mol. The molecule has 0 spiro atoms. The maximum Gasteiger partial charge on any atom is 0.0687 e. The van der Waals surface area contributed by atoms with Gasteiger partial charge in [-0.3, -0.25) is 0 Å². The van der Waals surface area contributed by atoms with Gasteiger partial charge in [0.25, 0.3) is 0 Å². The summed E-state index contributed by atoms with van der Waals surface area (Å²) in [6.45, 7) is 2.23. The van der Waals surface area contributed by atoms with Gasteiger partial charge in [0.05, 0.1) is 6.61 Å². The van der Waals surface area contributed by atoms with Crippen LogP contribution in [0.4, 0.5) is 0 Å². The van der Waals surface area contributed by atoms with Crippen LogP contribution in [0.15, 0.2) is 48.6 Å². The Balaban J connectivity index is 2.71. The molecule has 0 heterocycles. The van der Waals surface area contributed by atoms with Crippen molar-refractivity contribution in [3.8, 4) is 0 Å². The maximum absolute atomic E-state index is 9.23. The number of allylic oxidation sites excluding steroid dienone is 3. The molecule has 1 heteroatoms. The van der Waals surface area contributed by atoms with E-state index in [2.05, 4.69) is 13.0 Å². The lowest BCUT2D eigenvalue weighted by Gasteiger charge is -2.01. The lowest BCUT2D eigenvalue weighted by molar-refractivity contribution is 0.350. The summed E-state index contributed by atoms with van der Waals surface area (Å²) < 4.78 is 0. The Labute approximate surface area is 91.8 Å². The van der Waals surface area contributed by atoms with Crippen LogP contribution in [0.25, 0.3) is 5.57 Å². The quantitative estimate of drug-likeness (QED) is 0.725. The second-order valence-corrected chi connectivity index (χ2v) is 3.43. The minimum absolute atomic E-state index is 0.0838. The molecule has 1 aromatic carbocycles. The first-order valence-electron chi connectivity index (χ1n) is 5.40. The maximum atomic E-state index is 9.23. The summed E-state index contributed by atoms with van der Waals surface area (Å²) in [5.74, 6) is 0. The lowest BCUT2D eigenvalue weighted by atomic mass is 10.1. The minimum atomic E-state index is 0.0838. The molecule has 0 saturated carbocycles. The van der Waals surface area contributed by atoms with Crippen LogP contribution in [0.5, 0.6) is 0 Å². The standard InChI is InChI=1S/C14H18O/c1-2-3-4-6-11-14(12-15)13-9-7-5-8-10-13/h4-11,15H,2-3,12H2,1H3. The topological polar surface area (TPSA) is 20.2 Å². The van der Waals surface area contributed by atoms with Crippen molar-refractivity contribution in [1.29, 1.82) is 0 Å². The van der Waals surface area contributed by atoms with Crippen molar-refractivity contribution in [2.75, 3.05) is 6.61 Å². The molecule has 0 bridgehead atoms. The van der Waals surface area contributed by atoms with Gasteiger partial charge >= 0.3 is 0 Å². The van der Waals surface area contributed by atoms with Gasteiger partial charge in [-0.25, -0.2) is 0 Å².